The summed E-state index contributed by atoms with van der Waals surface area (Å²) in [5.74, 6) is -0.0222. The Morgan fingerprint density at radius 2 is 1.83 bits per heavy atom. The second-order valence-corrected chi connectivity index (χ2v) is 7.21. The lowest BCUT2D eigenvalue weighted by Crippen LogP contribution is -2.48. The van der Waals surface area contributed by atoms with Gasteiger partial charge >= 0.3 is 0 Å². The highest BCUT2D eigenvalue weighted by Gasteiger charge is 2.38. The van der Waals surface area contributed by atoms with E-state index in [1.54, 1.807) is 23.1 Å². The minimum absolute atomic E-state index is 0.108. The van der Waals surface area contributed by atoms with Crippen LogP contribution in [0, 0.1) is 0 Å². The predicted molar refractivity (Wildman–Crippen MR) is 90.1 cm³/mol. The quantitative estimate of drug-likeness (QED) is 0.798. The van der Waals surface area contributed by atoms with Gasteiger partial charge in [0.25, 0.3) is 11.1 Å². The Kier molecular flexibility index (Phi) is 4.85. The number of thioether (sulfide) groups is 1. The molecule has 0 saturated carbocycles. The molecule has 0 unspecified atom stereocenters. The van der Waals surface area contributed by atoms with Crippen molar-refractivity contribution in [2.75, 3.05) is 18.8 Å². The summed E-state index contributed by atoms with van der Waals surface area (Å²) in [6.45, 7) is 1.01. The molecule has 5 nitrogen and oxygen atoms in total. The summed E-state index contributed by atoms with van der Waals surface area (Å²) >= 11 is 12.9. The van der Waals surface area contributed by atoms with Crippen molar-refractivity contribution in [1.29, 1.82) is 0 Å². The van der Waals surface area contributed by atoms with Gasteiger partial charge in [-0.3, -0.25) is 19.3 Å². The van der Waals surface area contributed by atoms with E-state index in [0.29, 0.717) is 41.5 Å². The van der Waals surface area contributed by atoms with Gasteiger partial charge in [-0.25, -0.2) is 0 Å². The summed E-state index contributed by atoms with van der Waals surface area (Å²) in [6, 6.07) is 4.70. The van der Waals surface area contributed by atoms with Crippen LogP contribution >= 0.6 is 35.0 Å². The molecule has 2 aliphatic rings. The van der Waals surface area contributed by atoms with Crippen LogP contribution in [-0.2, 0) is 4.79 Å². The molecule has 0 aromatic heterocycles. The molecular weight excluding hydrogens is 359 g/mol. The summed E-state index contributed by atoms with van der Waals surface area (Å²) in [4.78, 5) is 39.1. The smallest absolute Gasteiger partial charge is 0.289 e. The first-order chi connectivity index (χ1) is 11.0. The molecule has 0 spiro atoms. The Bertz CT molecular complexity index is 659. The molecule has 0 bridgehead atoms. The Balaban J connectivity index is 1.64. The number of rotatable bonds is 2. The van der Waals surface area contributed by atoms with Crippen molar-refractivity contribution in [3.05, 3.63) is 33.8 Å². The van der Waals surface area contributed by atoms with Gasteiger partial charge < -0.3 is 4.90 Å². The number of imide groups is 1. The minimum atomic E-state index is -0.177. The minimum Gasteiger partial charge on any atom is -0.338 e. The van der Waals surface area contributed by atoms with Gasteiger partial charge in [0.2, 0.25) is 5.91 Å². The van der Waals surface area contributed by atoms with Crippen LogP contribution in [0.3, 0.4) is 0 Å². The average Bonchev–Trinajstić information content (AvgIpc) is 2.88. The number of carbonyl (C=O) groups is 3. The monoisotopic (exact) mass is 372 g/mol. The van der Waals surface area contributed by atoms with E-state index in [1.807, 2.05) is 0 Å². The number of amides is 3. The SMILES string of the molecule is O=C(c1ccc(Cl)c(Cl)c1)N1CCC(N2C(=O)CSC2=O)CC1. The van der Waals surface area contributed by atoms with Crippen molar-refractivity contribution in [2.45, 2.75) is 18.9 Å². The van der Waals surface area contributed by atoms with E-state index in [9.17, 15) is 14.4 Å². The van der Waals surface area contributed by atoms with Crippen molar-refractivity contribution in [3.8, 4) is 0 Å². The Morgan fingerprint density at radius 3 is 2.39 bits per heavy atom. The zero-order chi connectivity index (χ0) is 16.6. The molecule has 2 saturated heterocycles. The summed E-state index contributed by atoms with van der Waals surface area (Å²) in [5.41, 5.74) is 0.488. The van der Waals surface area contributed by atoms with E-state index in [1.165, 1.54) is 4.90 Å². The van der Waals surface area contributed by atoms with E-state index in [2.05, 4.69) is 0 Å². The fraction of sp³-hybridized carbons (Fsp3) is 0.400. The summed E-state index contributed by atoms with van der Waals surface area (Å²) < 4.78 is 0. The Morgan fingerprint density at radius 1 is 1.13 bits per heavy atom. The highest BCUT2D eigenvalue weighted by Crippen LogP contribution is 2.28. The lowest BCUT2D eigenvalue weighted by atomic mass is 10.0. The second kappa shape index (κ2) is 6.71. The molecule has 0 aliphatic carbocycles. The van der Waals surface area contributed by atoms with Crippen LogP contribution in [0.1, 0.15) is 23.2 Å². The largest absolute Gasteiger partial charge is 0.338 e. The van der Waals surface area contributed by atoms with Gasteiger partial charge in [-0.05, 0) is 31.0 Å². The Labute approximate surface area is 147 Å². The van der Waals surface area contributed by atoms with Gasteiger partial charge in [-0.2, -0.15) is 0 Å². The van der Waals surface area contributed by atoms with Crippen LogP contribution in [0.15, 0.2) is 18.2 Å². The fourth-order valence-electron chi connectivity index (χ4n) is 2.86. The molecule has 1 aromatic rings. The standard InChI is InChI=1S/C15H14Cl2N2O3S/c16-11-2-1-9(7-12(11)17)14(21)18-5-3-10(4-6-18)19-13(20)8-23-15(19)22/h1-2,7,10H,3-6,8H2. The van der Waals surface area contributed by atoms with E-state index in [0.717, 1.165) is 11.8 Å². The molecule has 3 rings (SSSR count). The lowest BCUT2D eigenvalue weighted by molar-refractivity contribution is -0.126. The summed E-state index contributed by atoms with van der Waals surface area (Å²) in [6.07, 6.45) is 1.20. The van der Waals surface area contributed by atoms with Crippen molar-refractivity contribution in [1.82, 2.24) is 9.80 Å². The molecule has 8 heteroatoms. The van der Waals surface area contributed by atoms with Crippen molar-refractivity contribution in [3.63, 3.8) is 0 Å². The molecule has 0 radical (unpaired) electrons. The van der Waals surface area contributed by atoms with Gasteiger partial charge in [0, 0.05) is 24.7 Å². The van der Waals surface area contributed by atoms with E-state index in [-0.39, 0.29) is 28.8 Å². The van der Waals surface area contributed by atoms with Crippen LogP contribution in [0.4, 0.5) is 4.79 Å². The van der Waals surface area contributed by atoms with Crippen molar-refractivity contribution >= 4 is 52.0 Å². The number of piperidine rings is 1. The van der Waals surface area contributed by atoms with E-state index < -0.39 is 0 Å². The normalized spacial score (nSPS) is 19.6. The zero-order valence-electron chi connectivity index (χ0n) is 12.1. The molecule has 0 atom stereocenters. The van der Waals surface area contributed by atoms with Gasteiger partial charge in [0.15, 0.2) is 0 Å². The molecule has 1 aromatic carbocycles. The third kappa shape index (κ3) is 3.34. The number of hydrogen-bond donors (Lipinski definition) is 0. The number of carbonyl (C=O) groups excluding carboxylic acids is 3. The molecule has 2 aliphatic heterocycles. The average molecular weight is 373 g/mol. The number of nitrogens with zero attached hydrogens (tertiary/aromatic N) is 2. The van der Waals surface area contributed by atoms with E-state index in [4.69, 9.17) is 23.2 Å². The fourth-order valence-corrected chi connectivity index (χ4v) is 3.93. The highest BCUT2D eigenvalue weighted by molar-refractivity contribution is 8.14. The van der Waals surface area contributed by atoms with Gasteiger partial charge in [0.1, 0.15) is 0 Å². The van der Waals surface area contributed by atoms with Crippen LogP contribution in [0.25, 0.3) is 0 Å². The molecule has 0 N–H and O–H groups in total. The maximum Gasteiger partial charge on any atom is 0.289 e. The van der Waals surface area contributed by atoms with Crippen LogP contribution in [0.5, 0.6) is 0 Å². The number of halogens is 2. The summed E-state index contributed by atoms with van der Waals surface area (Å²) in [7, 11) is 0. The van der Waals surface area contributed by atoms with E-state index >= 15 is 0 Å². The van der Waals surface area contributed by atoms with Gasteiger partial charge in [-0.15, -0.1) is 0 Å². The van der Waals surface area contributed by atoms with Crippen LogP contribution in [-0.4, -0.2) is 51.7 Å². The number of likely N-dealkylation sites (tertiary alicyclic amines) is 1. The topological polar surface area (TPSA) is 57.7 Å². The maximum absolute atomic E-state index is 12.5. The van der Waals surface area contributed by atoms with Crippen molar-refractivity contribution in [2.24, 2.45) is 0 Å². The van der Waals surface area contributed by atoms with Gasteiger partial charge in [-0.1, -0.05) is 35.0 Å². The zero-order valence-corrected chi connectivity index (χ0v) is 14.5. The first kappa shape index (κ1) is 16.6. The van der Waals surface area contributed by atoms with Gasteiger partial charge in [0.05, 0.1) is 15.8 Å². The second-order valence-electron chi connectivity index (χ2n) is 5.47. The van der Waals surface area contributed by atoms with Crippen LogP contribution < -0.4 is 0 Å². The lowest BCUT2D eigenvalue weighted by Gasteiger charge is -2.35. The van der Waals surface area contributed by atoms with Crippen LogP contribution in [0.2, 0.25) is 10.0 Å². The number of hydrogen-bond acceptors (Lipinski definition) is 4. The number of benzene rings is 1. The third-order valence-electron chi connectivity index (χ3n) is 4.07. The first-order valence-corrected chi connectivity index (χ1v) is 8.94. The molecule has 2 fully saturated rings. The Hall–Kier alpha value is -1.24. The summed E-state index contributed by atoms with van der Waals surface area (Å²) in [5, 5.41) is 0.576. The van der Waals surface area contributed by atoms with Crippen molar-refractivity contribution < 1.29 is 14.4 Å². The highest BCUT2D eigenvalue weighted by atomic mass is 35.5. The maximum atomic E-state index is 12.5. The molecule has 122 valence electrons. The first-order valence-electron chi connectivity index (χ1n) is 7.20. The molecule has 2 heterocycles. The molecule has 3 amide bonds. The third-order valence-corrected chi connectivity index (χ3v) is 5.64. The molecular formula is C15H14Cl2N2O3S. The molecule has 23 heavy (non-hydrogen) atoms. The predicted octanol–water partition coefficient (Wildman–Crippen LogP) is 3.29.